The van der Waals surface area contributed by atoms with Crippen LogP contribution in [-0.2, 0) is 10.0 Å². The van der Waals surface area contributed by atoms with Crippen molar-refractivity contribution >= 4 is 10.0 Å². The highest BCUT2D eigenvalue weighted by molar-refractivity contribution is 7.89. The first kappa shape index (κ1) is 18.2. The monoisotopic (exact) mass is 340 g/mol. The number of nitrogens with one attached hydrogen (secondary N) is 1. The van der Waals surface area contributed by atoms with Crippen LogP contribution in [0.1, 0.15) is 32.3 Å². The lowest BCUT2D eigenvalue weighted by Crippen LogP contribution is -2.41. The Labute approximate surface area is 140 Å². The molecule has 1 heterocycles. The Morgan fingerprint density at radius 3 is 2.48 bits per heavy atom. The molecule has 0 spiro atoms. The van der Waals surface area contributed by atoms with Gasteiger partial charge in [0.25, 0.3) is 0 Å². The molecule has 1 fully saturated rings. The van der Waals surface area contributed by atoms with Crippen molar-refractivity contribution in [3.05, 3.63) is 23.8 Å². The summed E-state index contributed by atoms with van der Waals surface area (Å²) in [5.41, 5.74) is 0.820. The zero-order valence-electron chi connectivity index (χ0n) is 14.5. The van der Waals surface area contributed by atoms with E-state index in [4.69, 9.17) is 4.74 Å². The first-order valence-corrected chi connectivity index (χ1v) is 9.70. The number of ether oxygens (including phenoxy) is 1. The van der Waals surface area contributed by atoms with Gasteiger partial charge in [0.15, 0.2) is 0 Å². The van der Waals surface area contributed by atoms with Crippen LogP contribution in [0.5, 0.6) is 5.75 Å². The van der Waals surface area contributed by atoms with Crippen LogP contribution in [0.3, 0.4) is 0 Å². The number of sulfonamides is 1. The van der Waals surface area contributed by atoms with Gasteiger partial charge in [-0.15, -0.1) is 0 Å². The molecule has 6 heteroatoms. The zero-order chi connectivity index (χ0) is 17.0. The Bertz CT molecular complexity index is 621. The highest BCUT2D eigenvalue weighted by atomic mass is 32.2. The molecule has 0 radical (unpaired) electrons. The van der Waals surface area contributed by atoms with Crippen molar-refractivity contribution in [2.24, 2.45) is 5.92 Å². The minimum absolute atomic E-state index is 0.301. The smallest absolute Gasteiger partial charge is 0.240 e. The fourth-order valence-corrected chi connectivity index (χ4v) is 4.20. The Balaban J connectivity index is 1.93. The van der Waals surface area contributed by atoms with Gasteiger partial charge in [-0.2, -0.15) is 0 Å². The van der Waals surface area contributed by atoms with Gasteiger partial charge in [-0.25, -0.2) is 13.1 Å². The molecular weight excluding hydrogens is 312 g/mol. The lowest BCUT2D eigenvalue weighted by Gasteiger charge is -2.34. The Kier molecular flexibility index (Phi) is 6.06. The Morgan fingerprint density at radius 1 is 1.30 bits per heavy atom. The minimum atomic E-state index is -3.46. The SMILES string of the molecule is COc1ccc(S(=O)(=O)NCC2CCN(C(C)C)CC2)cc1C. The highest BCUT2D eigenvalue weighted by Gasteiger charge is 2.23. The first-order chi connectivity index (χ1) is 10.8. The average molecular weight is 340 g/mol. The van der Waals surface area contributed by atoms with Crippen LogP contribution in [0.25, 0.3) is 0 Å². The second kappa shape index (κ2) is 7.64. The van der Waals surface area contributed by atoms with Crippen LogP contribution in [0.15, 0.2) is 23.1 Å². The molecule has 0 amide bonds. The summed E-state index contributed by atoms with van der Waals surface area (Å²) in [7, 11) is -1.87. The zero-order valence-corrected chi connectivity index (χ0v) is 15.3. The second-order valence-corrected chi connectivity index (χ2v) is 8.32. The fraction of sp³-hybridized carbons (Fsp3) is 0.647. The van der Waals surface area contributed by atoms with Crippen LogP contribution in [0.4, 0.5) is 0 Å². The number of hydrogen-bond donors (Lipinski definition) is 1. The molecule has 0 saturated carbocycles. The largest absolute Gasteiger partial charge is 0.496 e. The van der Waals surface area contributed by atoms with E-state index in [2.05, 4.69) is 23.5 Å². The van der Waals surface area contributed by atoms with E-state index in [0.29, 0.717) is 29.1 Å². The number of hydrogen-bond acceptors (Lipinski definition) is 4. The molecule has 1 aromatic rings. The summed E-state index contributed by atoms with van der Waals surface area (Å²) in [6.07, 6.45) is 2.09. The van der Waals surface area contributed by atoms with E-state index in [9.17, 15) is 8.42 Å². The van der Waals surface area contributed by atoms with E-state index in [-0.39, 0.29) is 0 Å². The van der Waals surface area contributed by atoms with E-state index in [1.807, 2.05) is 6.92 Å². The summed E-state index contributed by atoms with van der Waals surface area (Å²) in [6.45, 7) is 8.86. The van der Waals surface area contributed by atoms with Crippen LogP contribution < -0.4 is 9.46 Å². The molecule has 0 unspecified atom stereocenters. The maximum absolute atomic E-state index is 12.4. The summed E-state index contributed by atoms with van der Waals surface area (Å²) in [5, 5.41) is 0. The Morgan fingerprint density at radius 2 is 1.96 bits per heavy atom. The van der Waals surface area contributed by atoms with E-state index >= 15 is 0 Å². The van der Waals surface area contributed by atoms with Gasteiger partial charge >= 0.3 is 0 Å². The molecule has 0 atom stereocenters. The molecule has 1 aliphatic heterocycles. The van der Waals surface area contributed by atoms with Crippen molar-refractivity contribution < 1.29 is 13.2 Å². The predicted octanol–water partition coefficient (Wildman–Crippen LogP) is 2.40. The molecule has 1 N–H and O–H groups in total. The summed E-state index contributed by atoms with van der Waals surface area (Å²) in [6, 6.07) is 5.51. The number of benzene rings is 1. The third kappa shape index (κ3) is 4.68. The van der Waals surface area contributed by atoms with Gasteiger partial charge in [0.05, 0.1) is 12.0 Å². The van der Waals surface area contributed by atoms with E-state index < -0.39 is 10.0 Å². The normalized spacial score (nSPS) is 17.6. The maximum Gasteiger partial charge on any atom is 0.240 e. The minimum Gasteiger partial charge on any atom is -0.496 e. The highest BCUT2D eigenvalue weighted by Crippen LogP contribution is 2.22. The van der Waals surface area contributed by atoms with E-state index in [0.717, 1.165) is 31.5 Å². The van der Waals surface area contributed by atoms with Crippen molar-refractivity contribution in [3.8, 4) is 5.75 Å². The van der Waals surface area contributed by atoms with Crippen LogP contribution in [0.2, 0.25) is 0 Å². The molecule has 0 aliphatic carbocycles. The predicted molar refractivity (Wildman–Crippen MR) is 92.4 cm³/mol. The van der Waals surface area contributed by atoms with Gasteiger partial charge in [-0.05, 0) is 76.4 Å². The van der Waals surface area contributed by atoms with Crippen molar-refractivity contribution in [3.63, 3.8) is 0 Å². The topological polar surface area (TPSA) is 58.6 Å². The summed E-state index contributed by atoms with van der Waals surface area (Å²) in [5.74, 6) is 1.11. The third-order valence-electron chi connectivity index (χ3n) is 4.62. The van der Waals surface area contributed by atoms with Gasteiger partial charge < -0.3 is 9.64 Å². The molecule has 5 nitrogen and oxygen atoms in total. The van der Waals surface area contributed by atoms with Crippen molar-refractivity contribution in [2.75, 3.05) is 26.7 Å². The van der Waals surface area contributed by atoms with Crippen molar-refractivity contribution in [2.45, 2.75) is 44.6 Å². The van der Waals surface area contributed by atoms with Crippen LogP contribution in [-0.4, -0.2) is 46.1 Å². The van der Waals surface area contributed by atoms with Gasteiger partial charge in [0.2, 0.25) is 10.0 Å². The van der Waals surface area contributed by atoms with Crippen LogP contribution in [0, 0.1) is 12.8 Å². The lowest BCUT2D eigenvalue weighted by molar-refractivity contribution is 0.151. The summed E-state index contributed by atoms with van der Waals surface area (Å²) in [4.78, 5) is 2.74. The van der Waals surface area contributed by atoms with Gasteiger partial charge in [0, 0.05) is 12.6 Å². The van der Waals surface area contributed by atoms with Crippen LogP contribution >= 0.6 is 0 Å². The molecule has 23 heavy (non-hydrogen) atoms. The first-order valence-electron chi connectivity index (χ1n) is 8.22. The van der Waals surface area contributed by atoms with Gasteiger partial charge in [-0.1, -0.05) is 0 Å². The van der Waals surface area contributed by atoms with Gasteiger partial charge in [-0.3, -0.25) is 0 Å². The maximum atomic E-state index is 12.4. The summed E-state index contributed by atoms with van der Waals surface area (Å²) < 4.78 is 32.8. The van der Waals surface area contributed by atoms with Crippen molar-refractivity contribution in [1.29, 1.82) is 0 Å². The van der Waals surface area contributed by atoms with E-state index in [1.165, 1.54) is 0 Å². The molecule has 1 saturated heterocycles. The average Bonchev–Trinajstić information content (AvgIpc) is 2.53. The number of nitrogens with zero attached hydrogens (tertiary/aromatic N) is 1. The lowest BCUT2D eigenvalue weighted by atomic mass is 9.96. The standard InChI is InChI=1S/C17H28N2O3S/c1-13(2)19-9-7-15(8-10-19)12-18-23(20,21)16-5-6-17(22-4)14(3)11-16/h5-6,11,13,15,18H,7-10,12H2,1-4H3. The van der Waals surface area contributed by atoms with Crippen molar-refractivity contribution in [1.82, 2.24) is 9.62 Å². The Hall–Kier alpha value is -1.11. The number of aryl methyl sites for hydroxylation is 1. The number of rotatable bonds is 6. The second-order valence-electron chi connectivity index (χ2n) is 6.56. The quantitative estimate of drug-likeness (QED) is 0.864. The number of methoxy groups -OCH3 is 1. The third-order valence-corrected chi connectivity index (χ3v) is 6.04. The van der Waals surface area contributed by atoms with Gasteiger partial charge in [0.1, 0.15) is 5.75 Å². The fourth-order valence-electron chi connectivity index (χ4n) is 3.00. The molecule has 0 aromatic heterocycles. The molecule has 0 bridgehead atoms. The number of piperidine rings is 1. The van der Waals surface area contributed by atoms with E-state index in [1.54, 1.807) is 25.3 Å². The molecule has 2 rings (SSSR count). The molecule has 1 aromatic carbocycles. The molecule has 130 valence electrons. The molecular formula is C17H28N2O3S. The summed E-state index contributed by atoms with van der Waals surface area (Å²) >= 11 is 0. The number of likely N-dealkylation sites (tertiary alicyclic amines) is 1. The molecule has 1 aliphatic rings.